The van der Waals surface area contributed by atoms with E-state index in [4.69, 9.17) is 9.47 Å². The Bertz CT molecular complexity index is 436. The Balaban J connectivity index is 2.28. The Kier molecular flexibility index (Phi) is 5.65. The van der Waals surface area contributed by atoms with Gasteiger partial charge in [0, 0.05) is 12.2 Å². The van der Waals surface area contributed by atoms with E-state index in [1.807, 2.05) is 38.1 Å². The molecule has 1 aliphatic carbocycles. The first-order valence-corrected chi connectivity index (χ1v) is 8.16. The fraction of sp³-hybridized carbons (Fsp3) is 0.667. The monoisotopic (exact) mass is 292 g/mol. The van der Waals surface area contributed by atoms with Gasteiger partial charge in [-0.1, -0.05) is 25.1 Å². The van der Waals surface area contributed by atoms with E-state index >= 15 is 0 Å². The van der Waals surface area contributed by atoms with Gasteiger partial charge in [0.25, 0.3) is 0 Å². The first-order chi connectivity index (χ1) is 10.1. The van der Waals surface area contributed by atoms with Crippen LogP contribution in [0.3, 0.4) is 0 Å². The summed E-state index contributed by atoms with van der Waals surface area (Å²) in [5.74, 6) is 1.48. The van der Waals surface area contributed by atoms with Gasteiger partial charge in [0.15, 0.2) is 0 Å². The average molecular weight is 292 g/mol. The predicted molar refractivity (Wildman–Crippen MR) is 84.6 cm³/mol. The summed E-state index contributed by atoms with van der Waals surface area (Å²) in [5, 5.41) is 11.0. The van der Waals surface area contributed by atoms with Crippen LogP contribution in [-0.2, 0) is 4.74 Å². The maximum absolute atomic E-state index is 11.0. The highest BCUT2D eigenvalue weighted by atomic mass is 16.5. The van der Waals surface area contributed by atoms with Gasteiger partial charge in [-0.2, -0.15) is 0 Å². The summed E-state index contributed by atoms with van der Waals surface area (Å²) >= 11 is 0. The molecule has 21 heavy (non-hydrogen) atoms. The van der Waals surface area contributed by atoms with Crippen LogP contribution in [0, 0.1) is 5.92 Å². The third-order valence-electron chi connectivity index (χ3n) is 4.56. The molecule has 0 aliphatic heterocycles. The van der Waals surface area contributed by atoms with E-state index in [0.29, 0.717) is 19.1 Å². The highest BCUT2D eigenvalue weighted by Crippen LogP contribution is 2.45. The zero-order valence-corrected chi connectivity index (χ0v) is 13.5. The molecule has 1 fully saturated rings. The van der Waals surface area contributed by atoms with Crippen molar-refractivity contribution >= 4 is 0 Å². The van der Waals surface area contributed by atoms with Crippen molar-refractivity contribution in [3.63, 3.8) is 0 Å². The molecule has 3 nitrogen and oxygen atoms in total. The molecule has 1 unspecified atom stereocenters. The summed E-state index contributed by atoms with van der Waals surface area (Å²) in [6, 6.07) is 7.77. The lowest BCUT2D eigenvalue weighted by Gasteiger charge is -2.43. The number of ether oxygens (including phenoxy) is 2. The van der Waals surface area contributed by atoms with E-state index in [1.54, 1.807) is 0 Å². The van der Waals surface area contributed by atoms with Gasteiger partial charge >= 0.3 is 0 Å². The summed E-state index contributed by atoms with van der Waals surface area (Å²) in [5.41, 5.74) is 0.386. The quantitative estimate of drug-likeness (QED) is 0.857. The molecule has 2 rings (SSSR count). The maximum atomic E-state index is 11.0. The molecule has 3 heteroatoms. The average Bonchev–Trinajstić information content (AvgIpc) is 2.50. The predicted octanol–water partition coefficient (Wildman–Crippen LogP) is 4.10. The molecule has 1 atom stereocenters. The van der Waals surface area contributed by atoms with Crippen LogP contribution >= 0.6 is 0 Å². The van der Waals surface area contributed by atoms with Crippen LogP contribution < -0.4 is 4.74 Å². The molecule has 118 valence electrons. The molecule has 0 amide bonds. The second-order valence-electron chi connectivity index (χ2n) is 6.05. The normalized spacial score (nSPS) is 27.3. The van der Waals surface area contributed by atoms with Crippen LogP contribution in [0.2, 0.25) is 0 Å². The first kappa shape index (κ1) is 16.3. The van der Waals surface area contributed by atoms with Gasteiger partial charge in [0.05, 0.1) is 12.2 Å². The maximum Gasteiger partial charge on any atom is 0.125 e. The number of para-hydroxylation sites is 1. The van der Waals surface area contributed by atoms with Crippen LogP contribution in [0.1, 0.15) is 58.1 Å². The van der Waals surface area contributed by atoms with Crippen molar-refractivity contribution < 1.29 is 14.6 Å². The lowest BCUT2D eigenvalue weighted by atomic mass is 9.74. The second-order valence-corrected chi connectivity index (χ2v) is 6.05. The highest BCUT2D eigenvalue weighted by Gasteiger charge is 2.43. The fourth-order valence-electron chi connectivity index (χ4n) is 3.31. The van der Waals surface area contributed by atoms with E-state index in [9.17, 15) is 5.11 Å². The van der Waals surface area contributed by atoms with Crippen LogP contribution in [-0.4, -0.2) is 23.9 Å². The largest absolute Gasteiger partial charge is 0.493 e. The molecule has 0 saturated heterocycles. The Morgan fingerprint density at radius 2 is 1.86 bits per heavy atom. The number of rotatable bonds is 6. The molecule has 0 bridgehead atoms. The Hall–Kier alpha value is -1.06. The third kappa shape index (κ3) is 3.58. The van der Waals surface area contributed by atoms with E-state index < -0.39 is 11.7 Å². The van der Waals surface area contributed by atoms with Gasteiger partial charge in [-0.05, 0) is 51.5 Å². The number of aliphatic hydroxyl groups excluding tert-OH is 1. The van der Waals surface area contributed by atoms with Crippen LogP contribution in [0.4, 0.5) is 0 Å². The van der Waals surface area contributed by atoms with Gasteiger partial charge in [-0.3, -0.25) is 0 Å². The van der Waals surface area contributed by atoms with Gasteiger partial charge in [0.1, 0.15) is 11.9 Å². The van der Waals surface area contributed by atoms with E-state index in [0.717, 1.165) is 37.0 Å². The van der Waals surface area contributed by atoms with Crippen molar-refractivity contribution in [2.24, 2.45) is 5.92 Å². The summed E-state index contributed by atoms with van der Waals surface area (Å²) in [4.78, 5) is 0. The van der Waals surface area contributed by atoms with Crippen molar-refractivity contribution in [1.82, 2.24) is 0 Å². The van der Waals surface area contributed by atoms with Gasteiger partial charge in [0.2, 0.25) is 0 Å². The molecule has 0 spiro atoms. The van der Waals surface area contributed by atoms with E-state index in [2.05, 4.69) is 6.92 Å². The van der Waals surface area contributed by atoms with Crippen molar-refractivity contribution in [3.05, 3.63) is 29.8 Å². The minimum Gasteiger partial charge on any atom is -0.493 e. The smallest absolute Gasteiger partial charge is 0.125 e. The van der Waals surface area contributed by atoms with Crippen molar-refractivity contribution in [1.29, 1.82) is 0 Å². The first-order valence-electron chi connectivity index (χ1n) is 8.16. The van der Waals surface area contributed by atoms with E-state index in [1.165, 1.54) is 0 Å². The van der Waals surface area contributed by atoms with Crippen LogP contribution in [0.25, 0.3) is 0 Å². The van der Waals surface area contributed by atoms with Crippen molar-refractivity contribution in [2.75, 3.05) is 13.2 Å². The van der Waals surface area contributed by atoms with Crippen LogP contribution in [0.5, 0.6) is 5.75 Å². The molecule has 0 heterocycles. The molecular formula is C18H28O3. The Morgan fingerprint density at radius 1 is 1.19 bits per heavy atom. The molecule has 0 aromatic heterocycles. The van der Waals surface area contributed by atoms with Crippen molar-refractivity contribution in [2.45, 2.75) is 58.2 Å². The highest BCUT2D eigenvalue weighted by molar-refractivity contribution is 5.36. The molecule has 1 N–H and O–H groups in total. The number of benzene rings is 1. The van der Waals surface area contributed by atoms with Gasteiger partial charge in [-0.15, -0.1) is 0 Å². The molecule has 0 radical (unpaired) electrons. The summed E-state index contributed by atoms with van der Waals surface area (Å²) in [6.45, 7) is 7.46. The van der Waals surface area contributed by atoms with Gasteiger partial charge < -0.3 is 14.6 Å². The second kappa shape index (κ2) is 7.28. The lowest BCUT2D eigenvalue weighted by Crippen LogP contribution is -2.43. The summed E-state index contributed by atoms with van der Waals surface area (Å²) in [7, 11) is 0. The summed E-state index contributed by atoms with van der Waals surface area (Å²) in [6.07, 6.45) is 3.39. The lowest BCUT2D eigenvalue weighted by molar-refractivity contribution is -0.147. The fourth-order valence-corrected chi connectivity index (χ4v) is 3.31. The van der Waals surface area contributed by atoms with Crippen molar-refractivity contribution in [3.8, 4) is 5.75 Å². The Morgan fingerprint density at radius 3 is 2.48 bits per heavy atom. The van der Waals surface area contributed by atoms with Gasteiger partial charge in [-0.25, -0.2) is 0 Å². The number of aliphatic hydroxyl groups is 1. The molecule has 1 aromatic carbocycles. The minimum absolute atomic E-state index is 0.464. The number of hydrogen-bond donors (Lipinski definition) is 1. The third-order valence-corrected chi connectivity index (χ3v) is 4.56. The molecule has 1 aliphatic rings. The topological polar surface area (TPSA) is 38.7 Å². The standard InChI is InChI=1S/C18H28O3/c1-4-20-16-9-7-6-8-15(16)17(19)18(21-5-2)12-10-14(3)11-13-18/h6-9,14,17,19H,4-5,10-13H2,1-3H3. The molecule has 1 saturated carbocycles. The van der Waals surface area contributed by atoms with E-state index in [-0.39, 0.29) is 0 Å². The summed E-state index contributed by atoms with van der Waals surface area (Å²) < 4.78 is 11.7. The minimum atomic E-state index is -0.632. The zero-order valence-electron chi connectivity index (χ0n) is 13.5. The number of hydrogen-bond acceptors (Lipinski definition) is 3. The Labute approximate surface area is 128 Å². The molecule has 1 aromatic rings. The zero-order chi connectivity index (χ0) is 15.3. The SMILES string of the molecule is CCOc1ccccc1C(O)C1(OCC)CCC(C)CC1. The molecular weight excluding hydrogens is 264 g/mol. The van der Waals surface area contributed by atoms with Crippen LogP contribution in [0.15, 0.2) is 24.3 Å².